The molecule has 0 amide bonds. The van der Waals surface area contributed by atoms with Crippen LogP contribution >= 0.6 is 0 Å². The zero-order valence-corrected chi connectivity index (χ0v) is 19.0. The standard InChI is InChI=1S/C21H27N3O4S2/c1-4-13-30(27,28)24-21(18-8-6-7-16(3)14-18)15-20(22-24)17-9-11-19(12-10-17)23-29(25,26)5-2/h6-12,14,21,23H,4-5,13,15H2,1-3H3/t21-/m1/s1. The Morgan fingerprint density at radius 3 is 2.37 bits per heavy atom. The minimum absolute atomic E-state index is 0.0100. The summed E-state index contributed by atoms with van der Waals surface area (Å²) >= 11 is 0. The van der Waals surface area contributed by atoms with Gasteiger partial charge >= 0.3 is 0 Å². The molecule has 1 heterocycles. The van der Waals surface area contributed by atoms with Crippen molar-refractivity contribution in [2.75, 3.05) is 16.2 Å². The number of rotatable bonds is 8. The van der Waals surface area contributed by atoms with Crippen LogP contribution in [0.1, 0.15) is 49.4 Å². The van der Waals surface area contributed by atoms with E-state index in [1.165, 1.54) is 4.41 Å². The van der Waals surface area contributed by atoms with Crippen LogP contribution in [-0.2, 0) is 20.0 Å². The molecule has 1 N–H and O–H groups in total. The lowest BCUT2D eigenvalue weighted by Gasteiger charge is -2.23. The van der Waals surface area contributed by atoms with Crippen LogP contribution in [0.4, 0.5) is 5.69 Å². The van der Waals surface area contributed by atoms with Crippen molar-refractivity contribution in [3.05, 3.63) is 65.2 Å². The fraction of sp³-hybridized carbons (Fsp3) is 0.381. The molecule has 0 aromatic heterocycles. The van der Waals surface area contributed by atoms with Gasteiger partial charge in [0.05, 0.1) is 23.3 Å². The molecule has 2 aromatic carbocycles. The lowest BCUT2D eigenvalue weighted by Crippen LogP contribution is -2.29. The summed E-state index contributed by atoms with van der Waals surface area (Å²) in [7, 11) is -6.90. The summed E-state index contributed by atoms with van der Waals surface area (Å²) in [5.74, 6) is 0.0215. The van der Waals surface area contributed by atoms with Gasteiger partial charge in [0.25, 0.3) is 0 Å². The van der Waals surface area contributed by atoms with Gasteiger partial charge in [0.15, 0.2) is 0 Å². The predicted molar refractivity (Wildman–Crippen MR) is 121 cm³/mol. The molecule has 0 bridgehead atoms. The molecule has 9 heteroatoms. The van der Waals surface area contributed by atoms with Crippen LogP contribution in [0.15, 0.2) is 53.6 Å². The Hall–Kier alpha value is -2.39. The van der Waals surface area contributed by atoms with Crippen LogP contribution in [0.5, 0.6) is 0 Å². The molecule has 0 unspecified atom stereocenters. The largest absolute Gasteiger partial charge is 0.284 e. The van der Waals surface area contributed by atoms with E-state index in [-0.39, 0.29) is 11.5 Å². The Morgan fingerprint density at radius 2 is 1.77 bits per heavy atom. The number of hydrogen-bond acceptors (Lipinski definition) is 5. The van der Waals surface area contributed by atoms with Crippen molar-refractivity contribution in [3.8, 4) is 0 Å². The van der Waals surface area contributed by atoms with Crippen LogP contribution in [-0.4, -0.2) is 38.5 Å². The first-order valence-corrected chi connectivity index (χ1v) is 13.2. The van der Waals surface area contributed by atoms with Gasteiger partial charge in [-0.05, 0) is 43.5 Å². The molecular weight excluding hydrogens is 422 g/mol. The zero-order valence-electron chi connectivity index (χ0n) is 17.4. The van der Waals surface area contributed by atoms with E-state index in [1.807, 2.05) is 38.1 Å². The number of hydrogen-bond donors (Lipinski definition) is 1. The minimum atomic E-state index is -3.54. The van der Waals surface area contributed by atoms with Gasteiger partial charge in [0.2, 0.25) is 20.0 Å². The predicted octanol–water partition coefficient (Wildman–Crippen LogP) is 3.65. The van der Waals surface area contributed by atoms with E-state index in [4.69, 9.17) is 0 Å². The SMILES string of the molecule is CCCS(=O)(=O)N1N=C(c2ccc(NS(=O)(=O)CC)cc2)C[C@@H]1c1cccc(C)c1. The molecule has 0 fully saturated rings. The normalized spacial score (nSPS) is 17.1. The first-order valence-electron chi connectivity index (χ1n) is 9.92. The van der Waals surface area contributed by atoms with E-state index < -0.39 is 26.1 Å². The topological polar surface area (TPSA) is 95.9 Å². The third-order valence-electron chi connectivity index (χ3n) is 4.92. The summed E-state index contributed by atoms with van der Waals surface area (Å²) in [6.45, 7) is 5.37. The Bertz CT molecular complexity index is 1140. The maximum absolute atomic E-state index is 12.9. The molecule has 3 rings (SSSR count). The quantitative estimate of drug-likeness (QED) is 0.665. The second kappa shape index (κ2) is 8.77. The van der Waals surface area contributed by atoms with E-state index in [1.54, 1.807) is 31.2 Å². The molecule has 1 aliphatic rings. The van der Waals surface area contributed by atoms with E-state index >= 15 is 0 Å². The molecule has 30 heavy (non-hydrogen) atoms. The molecule has 162 valence electrons. The minimum Gasteiger partial charge on any atom is -0.284 e. The molecule has 1 atom stereocenters. The summed E-state index contributed by atoms with van der Waals surface area (Å²) in [5, 5.41) is 4.48. The van der Waals surface area contributed by atoms with Gasteiger partial charge in [-0.2, -0.15) is 9.52 Å². The fourth-order valence-electron chi connectivity index (χ4n) is 3.38. The number of nitrogens with one attached hydrogen (secondary N) is 1. The van der Waals surface area contributed by atoms with Crippen molar-refractivity contribution >= 4 is 31.4 Å². The van der Waals surface area contributed by atoms with E-state index in [0.29, 0.717) is 24.2 Å². The summed E-state index contributed by atoms with van der Waals surface area (Å²) < 4.78 is 53.0. The van der Waals surface area contributed by atoms with Gasteiger partial charge in [-0.3, -0.25) is 4.72 Å². The van der Waals surface area contributed by atoms with Crippen molar-refractivity contribution < 1.29 is 16.8 Å². The van der Waals surface area contributed by atoms with Crippen molar-refractivity contribution in [2.45, 2.75) is 39.7 Å². The van der Waals surface area contributed by atoms with Crippen molar-refractivity contribution in [1.82, 2.24) is 4.41 Å². The highest BCUT2D eigenvalue weighted by Crippen LogP contribution is 2.35. The van der Waals surface area contributed by atoms with Gasteiger partial charge in [0.1, 0.15) is 0 Å². The summed E-state index contributed by atoms with van der Waals surface area (Å²) in [6.07, 6.45) is 0.961. The summed E-state index contributed by atoms with van der Waals surface area (Å²) in [4.78, 5) is 0. The van der Waals surface area contributed by atoms with Crippen molar-refractivity contribution in [3.63, 3.8) is 0 Å². The van der Waals surface area contributed by atoms with Crippen LogP contribution in [0.3, 0.4) is 0 Å². The van der Waals surface area contributed by atoms with Gasteiger partial charge in [-0.15, -0.1) is 0 Å². The Balaban J connectivity index is 1.93. The van der Waals surface area contributed by atoms with Gasteiger partial charge in [-0.1, -0.05) is 48.9 Å². The molecular formula is C21H27N3O4S2. The Morgan fingerprint density at radius 1 is 1.07 bits per heavy atom. The lowest BCUT2D eigenvalue weighted by molar-refractivity contribution is 0.371. The second-order valence-corrected chi connectivity index (χ2v) is 11.3. The Labute approximate surface area is 178 Å². The number of sulfonamides is 2. The molecule has 0 saturated heterocycles. The number of benzene rings is 2. The van der Waals surface area contributed by atoms with E-state index in [0.717, 1.165) is 16.7 Å². The second-order valence-electron chi connectivity index (χ2n) is 7.35. The molecule has 0 saturated carbocycles. The van der Waals surface area contributed by atoms with Gasteiger partial charge in [0, 0.05) is 12.1 Å². The molecule has 0 aliphatic carbocycles. The Kier molecular flexibility index (Phi) is 6.52. The lowest BCUT2D eigenvalue weighted by atomic mass is 9.98. The van der Waals surface area contributed by atoms with Gasteiger partial charge < -0.3 is 0 Å². The third-order valence-corrected chi connectivity index (χ3v) is 8.06. The monoisotopic (exact) mass is 449 g/mol. The summed E-state index contributed by atoms with van der Waals surface area (Å²) in [6, 6.07) is 14.3. The van der Waals surface area contributed by atoms with E-state index in [2.05, 4.69) is 9.82 Å². The maximum Gasteiger partial charge on any atom is 0.250 e. The molecule has 7 nitrogen and oxygen atoms in total. The van der Waals surface area contributed by atoms with Crippen molar-refractivity contribution in [1.29, 1.82) is 0 Å². The average Bonchev–Trinajstić information content (AvgIpc) is 3.15. The van der Waals surface area contributed by atoms with Crippen LogP contribution < -0.4 is 4.72 Å². The van der Waals surface area contributed by atoms with Crippen LogP contribution in [0.2, 0.25) is 0 Å². The fourth-order valence-corrected chi connectivity index (χ4v) is 5.53. The first kappa shape index (κ1) is 22.3. The molecule has 2 aromatic rings. The molecule has 0 radical (unpaired) electrons. The average molecular weight is 450 g/mol. The number of anilines is 1. The molecule has 0 spiro atoms. The van der Waals surface area contributed by atoms with Crippen molar-refractivity contribution in [2.24, 2.45) is 5.10 Å². The smallest absolute Gasteiger partial charge is 0.250 e. The third kappa shape index (κ3) is 5.02. The number of hydrazone groups is 1. The van der Waals surface area contributed by atoms with Crippen LogP contribution in [0.25, 0.3) is 0 Å². The van der Waals surface area contributed by atoms with Gasteiger partial charge in [-0.25, -0.2) is 16.8 Å². The van der Waals surface area contributed by atoms with E-state index in [9.17, 15) is 16.8 Å². The molecule has 1 aliphatic heterocycles. The highest BCUT2D eigenvalue weighted by Gasteiger charge is 2.36. The number of aryl methyl sites for hydroxylation is 1. The first-order chi connectivity index (χ1) is 14.1. The highest BCUT2D eigenvalue weighted by molar-refractivity contribution is 7.92. The number of nitrogens with zero attached hydrogens (tertiary/aromatic N) is 2. The maximum atomic E-state index is 12.9. The highest BCUT2D eigenvalue weighted by atomic mass is 32.2. The summed E-state index contributed by atoms with van der Waals surface area (Å²) in [5.41, 5.74) is 3.85. The zero-order chi connectivity index (χ0) is 21.9. The van der Waals surface area contributed by atoms with Crippen LogP contribution in [0, 0.1) is 6.92 Å².